The Morgan fingerprint density at radius 1 is 1.00 bits per heavy atom. The van der Waals surface area contributed by atoms with Gasteiger partial charge in [-0.25, -0.2) is 0 Å². The van der Waals surface area contributed by atoms with E-state index in [9.17, 15) is 0 Å². The van der Waals surface area contributed by atoms with E-state index in [2.05, 4.69) is 66.6 Å². The van der Waals surface area contributed by atoms with Crippen LogP contribution in [0.15, 0.2) is 16.0 Å². The summed E-state index contributed by atoms with van der Waals surface area (Å²) in [5.41, 5.74) is 12.0. The molecule has 0 spiro atoms. The lowest BCUT2D eigenvalue weighted by Crippen LogP contribution is -2.52. The van der Waals surface area contributed by atoms with Crippen LogP contribution < -0.4 is 0 Å². The Morgan fingerprint density at radius 2 is 1.37 bits per heavy atom. The molecule has 7 heteroatoms. The van der Waals surface area contributed by atoms with E-state index in [1.54, 1.807) is 0 Å². The quantitative estimate of drug-likeness (QED) is 0.166. The van der Waals surface area contributed by atoms with Crippen LogP contribution in [0.3, 0.4) is 0 Å². The first-order chi connectivity index (χ1) is 8.44. The minimum absolute atomic E-state index is 1.01. The van der Waals surface area contributed by atoms with Crippen molar-refractivity contribution in [2.45, 2.75) is 53.1 Å². The predicted octanol–water partition coefficient (Wildman–Crippen LogP) is 5.45. The van der Waals surface area contributed by atoms with Crippen LogP contribution in [-0.2, 0) is 0 Å². The van der Waals surface area contributed by atoms with Crippen molar-refractivity contribution in [2.75, 3.05) is 12.3 Å². The van der Waals surface area contributed by atoms with Gasteiger partial charge in [-0.3, -0.25) is 0 Å². The standard InChI is InChI=1S/C12H28N4PSi2/c1-11-9-17(15-14-13,10-12(11)2)16(18(3,4)5)19(6,7)8/h9-10H2,1-8H3/q+1. The summed E-state index contributed by atoms with van der Waals surface area (Å²) in [6, 6.07) is 0. The number of nitrogens with zero attached hydrogens (tertiary/aromatic N) is 4. The average molecular weight is 316 g/mol. The fraction of sp³-hybridized carbons (Fsp3) is 0.833. The minimum Gasteiger partial charge on any atom is -0.407 e. The molecule has 0 saturated carbocycles. The van der Waals surface area contributed by atoms with Crippen molar-refractivity contribution in [1.82, 2.24) is 0 Å². The lowest BCUT2D eigenvalue weighted by molar-refractivity contribution is -0.226. The molecule has 0 amide bonds. The SMILES string of the molecule is CC1=C(C)CP(N=[N+]=[N-])(=[N+]([Si](C)(C)C)[Si](C)(C)C)C1. The maximum absolute atomic E-state index is 9.12. The van der Waals surface area contributed by atoms with E-state index < -0.39 is 23.7 Å². The van der Waals surface area contributed by atoms with E-state index in [1.165, 1.54) is 11.1 Å². The molecule has 4 nitrogen and oxygen atoms in total. The van der Waals surface area contributed by atoms with Gasteiger partial charge in [-0.05, 0) is 63.5 Å². The van der Waals surface area contributed by atoms with Crippen LogP contribution in [-0.4, -0.2) is 32.5 Å². The first-order valence-corrected chi connectivity index (χ1v) is 15.8. The van der Waals surface area contributed by atoms with Crippen molar-refractivity contribution in [3.8, 4) is 0 Å². The molecule has 0 atom stereocenters. The van der Waals surface area contributed by atoms with Gasteiger partial charge in [-0.1, -0.05) is 11.1 Å². The average Bonchev–Trinajstić information content (AvgIpc) is 2.37. The molecule has 0 fully saturated rings. The fourth-order valence-electron chi connectivity index (χ4n) is 3.53. The van der Waals surface area contributed by atoms with Gasteiger partial charge in [0, 0.05) is 17.2 Å². The maximum Gasteiger partial charge on any atom is 0.323 e. The van der Waals surface area contributed by atoms with Crippen LogP contribution in [0.2, 0.25) is 39.3 Å². The molecule has 0 aliphatic carbocycles. The Morgan fingerprint density at radius 3 is 1.63 bits per heavy atom. The minimum atomic E-state index is -1.72. The first kappa shape index (κ1) is 16.8. The van der Waals surface area contributed by atoms with Gasteiger partial charge in [0.05, 0.1) is 0 Å². The summed E-state index contributed by atoms with van der Waals surface area (Å²) in [4.78, 5) is 7.69. The zero-order chi connectivity index (χ0) is 15.1. The van der Waals surface area contributed by atoms with E-state index in [0.29, 0.717) is 0 Å². The molecule has 0 radical (unpaired) electrons. The molecule has 0 unspecified atom stereocenters. The van der Waals surface area contributed by atoms with Crippen molar-refractivity contribution in [3.63, 3.8) is 0 Å². The van der Waals surface area contributed by atoms with Crippen LogP contribution in [0.5, 0.6) is 0 Å². The predicted molar refractivity (Wildman–Crippen MR) is 91.1 cm³/mol. The summed E-state index contributed by atoms with van der Waals surface area (Å²) < 4.78 is 2.77. The molecule has 0 aromatic heterocycles. The second-order valence-electron chi connectivity index (χ2n) is 7.59. The zero-order valence-electron chi connectivity index (χ0n) is 13.7. The van der Waals surface area contributed by atoms with Gasteiger partial charge in [-0.15, -0.1) is 0 Å². The summed E-state index contributed by atoms with van der Waals surface area (Å²) in [7, 11) is -4.73. The van der Waals surface area contributed by atoms with Crippen LogP contribution in [0.1, 0.15) is 13.8 Å². The van der Waals surface area contributed by atoms with Gasteiger partial charge in [0.1, 0.15) is 0 Å². The maximum atomic E-state index is 9.12. The molecule has 0 N–H and O–H groups in total. The van der Waals surface area contributed by atoms with Crippen molar-refractivity contribution in [3.05, 3.63) is 21.6 Å². The smallest absolute Gasteiger partial charge is 0.323 e. The van der Waals surface area contributed by atoms with E-state index in [4.69, 9.17) is 5.53 Å². The molecule has 1 heterocycles. The molecule has 1 aliphatic rings. The number of rotatable bonds is 3. The van der Waals surface area contributed by atoms with Crippen molar-refractivity contribution < 1.29 is 3.66 Å². The number of hydrogen-bond donors (Lipinski definition) is 0. The Hall–Kier alpha value is -0.286. The van der Waals surface area contributed by atoms with Crippen molar-refractivity contribution in [2.24, 2.45) is 4.88 Å². The Balaban J connectivity index is 3.70. The molecular weight excluding hydrogens is 287 g/mol. The number of azide groups is 1. The number of hydrogen-bond acceptors (Lipinski definition) is 0. The topological polar surface area (TPSA) is 51.8 Å². The summed E-state index contributed by atoms with van der Waals surface area (Å²) >= 11 is 0. The highest BCUT2D eigenvalue weighted by Crippen LogP contribution is 2.60. The molecular formula is C12H28N4PSi2+. The van der Waals surface area contributed by atoms with Crippen LogP contribution >= 0.6 is 7.21 Å². The van der Waals surface area contributed by atoms with Crippen LogP contribution in [0, 0.1) is 0 Å². The lowest BCUT2D eigenvalue weighted by atomic mass is 10.2. The highest BCUT2D eigenvalue weighted by molar-refractivity contribution is 7.64. The van der Waals surface area contributed by atoms with Gasteiger partial charge in [0.2, 0.25) is 0 Å². The third-order valence-corrected chi connectivity index (χ3v) is 19.1. The third kappa shape index (κ3) is 3.43. The van der Waals surface area contributed by atoms with Crippen molar-refractivity contribution in [1.29, 1.82) is 0 Å². The molecule has 1 aliphatic heterocycles. The number of allylic oxidation sites excluding steroid dienone is 2. The monoisotopic (exact) mass is 315 g/mol. The first-order valence-electron chi connectivity index (χ1n) is 6.84. The highest BCUT2D eigenvalue weighted by atomic mass is 31.2. The van der Waals surface area contributed by atoms with Crippen LogP contribution in [0.4, 0.5) is 0 Å². The second-order valence-corrected chi connectivity index (χ2v) is 21.3. The Bertz CT molecular complexity index is 483. The van der Waals surface area contributed by atoms with E-state index in [0.717, 1.165) is 12.3 Å². The van der Waals surface area contributed by atoms with Gasteiger partial charge in [0.15, 0.2) is 7.21 Å². The molecule has 0 saturated heterocycles. The fourth-order valence-corrected chi connectivity index (χ4v) is 24.4. The lowest BCUT2D eigenvalue weighted by Gasteiger charge is -2.34. The van der Waals surface area contributed by atoms with Crippen LogP contribution in [0.25, 0.3) is 10.4 Å². The Labute approximate surface area is 119 Å². The van der Waals surface area contributed by atoms with E-state index in [-0.39, 0.29) is 0 Å². The summed E-state index contributed by atoms with van der Waals surface area (Å²) in [5.74, 6) is 0. The largest absolute Gasteiger partial charge is 0.407 e. The summed E-state index contributed by atoms with van der Waals surface area (Å²) in [5, 5.41) is 0. The molecule has 0 aromatic carbocycles. The van der Waals surface area contributed by atoms with Gasteiger partial charge < -0.3 is 3.66 Å². The second kappa shape index (κ2) is 5.25. The van der Waals surface area contributed by atoms with Gasteiger partial charge in [0.25, 0.3) is 0 Å². The highest BCUT2D eigenvalue weighted by Gasteiger charge is 2.47. The molecule has 0 bridgehead atoms. The summed E-state index contributed by atoms with van der Waals surface area (Å²) in [6.45, 7) is 18.8. The van der Waals surface area contributed by atoms with E-state index >= 15 is 0 Å². The van der Waals surface area contributed by atoms with Gasteiger partial charge >= 0.3 is 16.5 Å². The molecule has 108 valence electrons. The van der Waals surface area contributed by atoms with Gasteiger partial charge in [-0.2, -0.15) is 0 Å². The third-order valence-electron chi connectivity index (χ3n) is 3.56. The van der Waals surface area contributed by atoms with E-state index in [1.807, 2.05) is 0 Å². The zero-order valence-corrected chi connectivity index (χ0v) is 16.5. The summed E-state index contributed by atoms with van der Waals surface area (Å²) in [6.07, 6.45) is 2.02. The molecule has 0 aromatic rings. The van der Waals surface area contributed by atoms with Crippen molar-refractivity contribution >= 4 is 23.7 Å². The molecule has 19 heavy (non-hydrogen) atoms. The normalized spacial score (nSPS) is 19.4. The molecule has 1 rings (SSSR count). The Kier molecular flexibility index (Phi) is 4.63.